The molecule has 1 aromatic heterocycles. The van der Waals surface area contributed by atoms with Gasteiger partial charge in [-0.3, -0.25) is 0 Å². The summed E-state index contributed by atoms with van der Waals surface area (Å²) < 4.78 is 0. The third-order valence-corrected chi connectivity index (χ3v) is 4.68. The van der Waals surface area contributed by atoms with Gasteiger partial charge in [0.05, 0.1) is 0 Å². The van der Waals surface area contributed by atoms with E-state index in [0.717, 1.165) is 25.0 Å². The highest BCUT2D eigenvalue weighted by molar-refractivity contribution is 5.43. The Kier molecular flexibility index (Phi) is 4.02. The molecule has 0 radical (unpaired) electrons. The van der Waals surface area contributed by atoms with Crippen molar-refractivity contribution in [2.75, 3.05) is 18.0 Å². The number of anilines is 1. The Morgan fingerprint density at radius 1 is 1.32 bits per heavy atom. The molecule has 2 unspecified atom stereocenters. The van der Waals surface area contributed by atoms with Gasteiger partial charge >= 0.3 is 0 Å². The molecule has 1 N–H and O–H groups in total. The Hall–Kier alpha value is -1.09. The van der Waals surface area contributed by atoms with Crippen molar-refractivity contribution in [3.05, 3.63) is 23.9 Å². The van der Waals surface area contributed by atoms with E-state index in [0.29, 0.717) is 0 Å². The molecule has 3 nitrogen and oxygen atoms in total. The fourth-order valence-electron chi connectivity index (χ4n) is 3.74. The molecule has 3 rings (SSSR count). The van der Waals surface area contributed by atoms with Crippen molar-refractivity contribution in [2.24, 2.45) is 5.92 Å². The number of aromatic nitrogens is 1. The van der Waals surface area contributed by atoms with Crippen LogP contribution in [0.25, 0.3) is 0 Å². The molecule has 0 spiro atoms. The van der Waals surface area contributed by atoms with Gasteiger partial charge < -0.3 is 10.2 Å². The van der Waals surface area contributed by atoms with Gasteiger partial charge in [0.25, 0.3) is 0 Å². The fraction of sp³-hybridized carbons (Fsp3) is 0.688. The number of pyridine rings is 1. The molecule has 0 aromatic carbocycles. The average molecular weight is 259 g/mol. The van der Waals surface area contributed by atoms with Crippen molar-refractivity contribution in [3.8, 4) is 0 Å². The lowest BCUT2D eigenvalue weighted by atomic mass is 9.92. The largest absolute Gasteiger partial charge is 0.353 e. The highest BCUT2D eigenvalue weighted by Gasteiger charge is 2.35. The lowest BCUT2D eigenvalue weighted by Gasteiger charge is -2.38. The minimum absolute atomic E-state index is 0.760. The van der Waals surface area contributed by atoms with Crippen LogP contribution in [0.15, 0.2) is 18.3 Å². The summed E-state index contributed by atoms with van der Waals surface area (Å²) in [7, 11) is 0. The Morgan fingerprint density at radius 3 is 3.11 bits per heavy atom. The molecule has 1 aliphatic heterocycles. The molecule has 2 atom stereocenters. The number of hydrogen-bond donors (Lipinski definition) is 1. The van der Waals surface area contributed by atoms with Gasteiger partial charge in [-0.2, -0.15) is 0 Å². The Morgan fingerprint density at radius 2 is 2.21 bits per heavy atom. The van der Waals surface area contributed by atoms with Crippen LogP contribution in [0.2, 0.25) is 0 Å². The van der Waals surface area contributed by atoms with Crippen LogP contribution in [-0.4, -0.2) is 24.1 Å². The molecular formula is C16H25N3. The molecule has 2 heterocycles. The van der Waals surface area contributed by atoms with Crippen LogP contribution in [0, 0.1) is 5.92 Å². The molecule has 1 saturated heterocycles. The summed E-state index contributed by atoms with van der Waals surface area (Å²) in [6.07, 6.45) is 8.93. The maximum Gasteiger partial charge on any atom is 0.129 e. The van der Waals surface area contributed by atoms with E-state index in [2.05, 4.69) is 34.3 Å². The summed E-state index contributed by atoms with van der Waals surface area (Å²) in [4.78, 5) is 7.21. The summed E-state index contributed by atoms with van der Waals surface area (Å²) in [6.45, 7) is 5.31. The quantitative estimate of drug-likeness (QED) is 0.901. The number of nitrogens with one attached hydrogen (secondary N) is 1. The van der Waals surface area contributed by atoms with Gasteiger partial charge in [-0.15, -0.1) is 0 Å². The van der Waals surface area contributed by atoms with Crippen LogP contribution in [0.4, 0.5) is 5.82 Å². The maximum absolute atomic E-state index is 4.63. The summed E-state index contributed by atoms with van der Waals surface area (Å²) in [5.41, 5.74) is 1.35. The van der Waals surface area contributed by atoms with E-state index in [1.165, 1.54) is 50.0 Å². The normalized spacial score (nSPS) is 26.5. The number of piperidine rings is 1. The molecule has 104 valence electrons. The van der Waals surface area contributed by atoms with Crippen molar-refractivity contribution >= 4 is 5.82 Å². The average Bonchev–Trinajstić information content (AvgIpc) is 2.93. The zero-order valence-electron chi connectivity index (χ0n) is 11.9. The van der Waals surface area contributed by atoms with Gasteiger partial charge in [-0.25, -0.2) is 4.98 Å². The van der Waals surface area contributed by atoms with E-state index in [4.69, 9.17) is 0 Å². The van der Waals surface area contributed by atoms with Gasteiger partial charge in [0.15, 0.2) is 0 Å². The second-order valence-electron chi connectivity index (χ2n) is 5.90. The minimum Gasteiger partial charge on any atom is -0.353 e. The van der Waals surface area contributed by atoms with Crippen LogP contribution in [0.3, 0.4) is 0 Å². The molecule has 1 aliphatic carbocycles. The molecule has 1 aromatic rings. The van der Waals surface area contributed by atoms with E-state index >= 15 is 0 Å². The van der Waals surface area contributed by atoms with Crippen molar-refractivity contribution in [1.82, 2.24) is 10.3 Å². The van der Waals surface area contributed by atoms with E-state index in [1.807, 2.05) is 6.20 Å². The lowest BCUT2D eigenvalue weighted by Crippen LogP contribution is -2.43. The number of fused-ring (bicyclic) bond motifs is 1. The van der Waals surface area contributed by atoms with Crippen molar-refractivity contribution < 1.29 is 0 Å². The summed E-state index contributed by atoms with van der Waals surface area (Å²) in [6, 6.07) is 5.17. The fourth-order valence-corrected chi connectivity index (χ4v) is 3.74. The first-order valence-corrected chi connectivity index (χ1v) is 7.81. The summed E-state index contributed by atoms with van der Waals surface area (Å²) in [5, 5.41) is 3.39. The molecular weight excluding hydrogens is 234 g/mol. The van der Waals surface area contributed by atoms with Gasteiger partial charge in [0.1, 0.15) is 5.82 Å². The van der Waals surface area contributed by atoms with Crippen LogP contribution < -0.4 is 10.2 Å². The highest BCUT2D eigenvalue weighted by atomic mass is 15.2. The van der Waals surface area contributed by atoms with Crippen LogP contribution in [-0.2, 0) is 6.54 Å². The summed E-state index contributed by atoms with van der Waals surface area (Å²) >= 11 is 0. The van der Waals surface area contributed by atoms with Gasteiger partial charge in [0.2, 0.25) is 0 Å². The van der Waals surface area contributed by atoms with Gasteiger partial charge in [0, 0.05) is 25.3 Å². The van der Waals surface area contributed by atoms with Crippen molar-refractivity contribution in [2.45, 2.75) is 51.6 Å². The lowest BCUT2D eigenvalue weighted by molar-refractivity contribution is 0.360. The number of rotatable bonds is 4. The third kappa shape index (κ3) is 2.76. The van der Waals surface area contributed by atoms with E-state index in [-0.39, 0.29) is 0 Å². The molecule has 0 amide bonds. The number of hydrogen-bond acceptors (Lipinski definition) is 3. The zero-order chi connectivity index (χ0) is 13.1. The maximum atomic E-state index is 4.63. The first kappa shape index (κ1) is 12.9. The second kappa shape index (κ2) is 5.91. The van der Waals surface area contributed by atoms with E-state index in [9.17, 15) is 0 Å². The van der Waals surface area contributed by atoms with Gasteiger partial charge in [-0.1, -0.05) is 13.3 Å². The first-order valence-electron chi connectivity index (χ1n) is 7.81. The molecule has 2 aliphatic rings. The van der Waals surface area contributed by atoms with E-state index in [1.54, 1.807) is 0 Å². The monoisotopic (exact) mass is 259 g/mol. The molecule has 3 heteroatoms. The standard InChI is InChI=1S/C16H25N3/c1-2-17-12-13-8-9-18-16(11-13)19-10-4-6-14-5-3-7-15(14)19/h8-9,11,14-15,17H,2-7,10,12H2,1H3. The second-order valence-corrected chi connectivity index (χ2v) is 5.90. The minimum atomic E-state index is 0.760. The predicted molar refractivity (Wildman–Crippen MR) is 79.3 cm³/mol. The van der Waals surface area contributed by atoms with Crippen molar-refractivity contribution in [3.63, 3.8) is 0 Å². The molecule has 19 heavy (non-hydrogen) atoms. The molecule has 0 bridgehead atoms. The Labute approximate surface area is 116 Å². The molecule has 2 fully saturated rings. The summed E-state index contributed by atoms with van der Waals surface area (Å²) in [5.74, 6) is 2.12. The number of nitrogens with zero attached hydrogens (tertiary/aromatic N) is 2. The topological polar surface area (TPSA) is 28.2 Å². The molecule has 1 saturated carbocycles. The zero-order valence-corrected chi connectivity index (χ0v) is 11.9. The smallest absolute Gasteiger partial charge is 0.129 e. The van der Waals surface area contributed by atoms with Crippen LogP contribution >= 0.6 is 0 Å². The predicted octanol–water partition coefficient (Wildman–Crippen LogP) is 2.96. The Bertz CT molecular complexity index is 418. The first-order chi connectivity index (χ1) is 9.38. The highest BCUT2D eigenvalue weighted by Crippen LogP contribution is 2.38. The van der Waals surface area contributed by atoms with E-state index < -0.39 is 0 Å². The van der Waals surface area contributed by atoms with Crippen LogP contribution in [0.1, 0.15) is 44.6 Å². The third-order valence-electron chi connectivity index (χ3n) is 4.68. The van der Waals surface area contributed by atoms with Gasteiger partial charge in [-0.05, 0) is 55.8 Å². The van der Waals surface area contributed by atoms with Crippen molar-refractivity contribution in [1.29, 1.82) is 0 Å². The Balaban J connectivity index is 1.76. The van der Waals surface area contributed by atoms with Crippen LogP contribution in [0.5, 0.6) is 0 Å². The SMILES string of the molecule is CCNCc1ccnc(N2CCCC3CCCC32)c1.